The fourth-order valence-electron chi connectivity index (χ4n) is 4.91. The number of ketones is 1. The fourth-order valence-corrected chi connectivity index (χ4v) is 5.74. The molecule has 35 heavy (non-hydrogen) atoms. The molecule has 0 unspecified atom stereocenters. The van der Waals surface area contributed by atoms with Crippen molar-refractivity contribution < 1.29 is 28.5 Å². The summed E-state index contributed by atoms with van der Waals surface area (Å²) in [6, 6.07) is 7.68. The molecular formula is C27H31NO6S. The average molecular weight is 498 g/mol. The number of rotatable bonds is 7. The van der Waals surface area contributed by atoms with Gasteiger partial charge in [-0.3, -0.25) is 4.79 Å². The molecule has 1 aromatic carbocycles. The minimum absolute atomic E-state index is 0.0123. The van der Waals surface area contributed by atoms with Gasteiger partial charge in [0.1, 0.15) is 0 Å². The van der Waals surface area contributed by atoms with Crippen LogP contribution in [0.4, 0.5) is 0 Å². The average Bonchev–Trinajstić information content (AvgIpc) is 3.36. The van der Waals surface area contributed by atoms with E-state index in [0.29, 0.717) is 52.5 Å². The number of methoxy groups -OCH3 is 3. The SMILES string of the molecule is COc1cc([C@@H]2C(C(=O)OC(C)C)=C(C)NC3=C2C(=O)C[C@@H](c2cccs2)C3)cc(OC)c1OC. The Hall–Kier alpha value is -3.26. The third-order valence-corrected chi connectivity index (χ3v) is 7.39. The predicted octanol–water partition coefficient (Wildman–Crippen LogP) is 5.09. The second-order valence-corrected chi connectivity index (χ2v) is 9.92. The normalized spacial score (nSPS) is 19.9. The molecule has 1 N–H and O–H groups in total. The highest BCUT2D eigenvalue weighted by molar-refractivity contribution is 7.10. The van der Waals surface area contributed by atoms with Gasteiger partial charge in [0.05, 0.1) is 33.0 Å². The molecule has 7 nitrogen and oxygen atoms in total. The van der Waals surface area contributed by atoms with Crippen LogP contribution in [0.3, 0.4) is 0 Å². The van der Waals surface area contributed by atoms with Crippen LogP contribution >= 0.6 is 11.3 Å². The van der Waals surface area contributed by atoms with Gasteiger partial charge >= 0.3 is 5.97 Å². The van der Waals surface area contributed by atoms with Crippen LogP contribution in [-0.2, 0) is 14.3 Å². The number of esters is 1. The minimum atomic E-state index is -0.622. The largest absolute Gasteiger partial charge is 0.493 e. The maximum atomic E-state index is 13.7. The second-order valence-electron chi connectivity index (χ2n) is 8.95. The number of carbonyl (C=O) groups excluding carboxylic acids is 2. The molecule has 0 fully saturated rings. The van der Waals surface area contributed by atoms with Crippen molar-refractivity contribution in [3.05, 3.63) is 62.6 Å². The van der Waals surface area contributed by atoms with Crippen molar-refractivity contribution in [3.8, 4) is 17.2 Å². The van der Waals surface area contributed by atoms with Gasteiger partial charge in [0.25, 0.3) is 0 Å². The molecule has 1 aromatic heterocycles. The van der Waals surface area contributed by atoms with E-state index in [1.807, 2.05) is 18.4 Å². The molecule has 2 aliphatic rings. The number of benzene rings is 1. The first-order valence-corrected chi connectivity index (χ1v) is 12.4. The monoisotopic (exact) mass is 497 g/mol. The lowest BCUT2D eigenvalue weighted by atomic mass is 9.72. The zero-order valence-electron chi connectivity index (χ0n) is 20.9. The van der Waals surface area contributed by atoms with Gasteiger partial charge in [0.2, 0.25) is 5.75 Å². The van der Waals surface area contributed by atoms with Gasteiger partial charge in [0.15, 0.2) is 17.3 Å². The van der Waals surface area contributed by atoms with E-state index in [9.17, 15) is 9.59 Å². The summed E-state index contributed by atoms with van der Waals surface area (Å²) in [7, 11) is 4.62. The summed E-state index contributed by atoms with van der Waals surface area (Å²) in [5.41, 5.74) is 3.22. The molecule has 0 spiro atoms. The maximum Gasteiger partial charge on any atom is 0.337 e. The standard InChI is InChI=1S/C27H31NO6S/c1-14(2)34-27(30)23-15(3)28-18-10-16(22-8-7-9-35-22)11-19(29)25(18)24(23)17-12-20(31-4)26(33-6)21(13-17)32-5/h7-9,12-14,16,24,28H,10-11H2,1-6H3/t16-,24+/m0/s1. The molecule has 186 valence electrons. The number of hydrogen-bond acceptors (Lipinski definition) is 8. The zero-order valence-corrected chi connectivity index (χ0v) is 21.7. The number of thiophene rings is 1. The van der Waals surface area contributed by atoms with Crippen LogP contribution in [0.1, 0.15) is 55.9 Å². The number of ether oxygens (including phenoxy) is 4. The molecule has 0 amide bonds. The quantitative estimate of drug-likeness (QED) is 0.534. The molecule has 0 bridgehead atoms. The van der Waals surface area contributed by atoms with Crippen molar-refractivity contribution in [2.75, 3.05) is 21.3 Å². The highest BCUT2D eigenvalue weighted by atomic mass is 32.1. The molecule has 8 heteroatoms. The Labute approximate surface area is 209 Å². The van der Waals surface area contributed by atoms with Crippen LogP contribution in [0.15, 0.2) is 52.2 Å². The first kappa shape index (κ1) is 24.9. The molecule has 1 aliphatic carbocycles. The lowest BCUT2D eigenvalue weighted by molar-refractivity contribution is -0.143. The van der Waals surface area contributed by atoms with Crippen LogP contribution in [0.25, 0.3) is 0 Å². The second kappa shape index (κ2) is 10.2. The van der Waals surface area contributed by atoms with E-state index in [2.05, 4.69) is 11.4 Å². The summed E-state index contributed by atoms with van der Waals surface area (Å²) in [4.78, 5) is 28.2. The van der Waals surface area contributed by atoms with Gasteiger partial charge in [0, 0.05) is 40.1 Å². The van der Waals surface area contributed by atoms with E-state index in [-0.39, 0.29) is 17.8 Å². The van der Waals surface area contributed by atoms with Crippen molar-refractivity contribution in [2.45, 2.75) is 51.6 Å². The van der Waals surface area contributed by atoms with E-state index in [4.69, 9.17) is 18.9 Å². The summed E-state index contributed by atoms with van der Waals surface area (Å²) in [6.07, 6.45) is 0.767. The predicted molar refractivity (Wildman–Crippen MR) is 134 cm³/mol. The maximum absolute atomic E-state index is 13.7. The Morgan fingerprint density at radius 2 is 1.77 bits per heavy atom. The lowest BCUT2D eigenvalue weighted by Crippen LogP contribution is -2.36. The van der Waals surface area contributed by atoms with Crippen LogP contribution in [0, 0.1) is 0 Å². The Morgan fingerprint density at radius 3 is 2.31 bits per heavy atom. The summed E-state index contributed by atoms with van der Waals surface area (Å²) in [6.45, 7) is 5.46. The van der Waals surface area contributed by atoms with Crippen LogP contribution in [0.5, 0.6) is 17.2 Å². The Bertz CT molecular complexity index is 1170. The summed E-state index contributed by atoms with van der Waals surface area (Å²) in [5, 5.41) is 5.41. The first-order valence-electron chi connectivity index (χ1n) is 11.6. The van der Waals surface area contributed by atoms with E-state index < -0.39 is 11.9 Å². The highest BCUT2D eigenvalue weighted by Crippen LogP contribution is 2.49. The highest BCUT2D eigenvalue weighted by Gasteiger charge is 2.42. The van der Waals surface area contributed by atoms with E-state index in [1.54, 1.807) is 51.5 Å². The zero-order chi connectivity index (χ0) is 25.3. The third-order valence-electron chi connectivity index (χ3n) is 6.36. The van der Waals surface area contributed by atoms with E-state index in [1.165, 1.54) is 12.0 Å². The fraction of sp³-hybridized carbons (Fsp3) is 0.407. The molecule has 0 saturated heterocycles. The van der Waals surface area contributed by atoms with Crippen molar-refractivity contribution in [3.63, 3.8) is 0 Å². The molecular weight excluding hydrogens is 466 g/mol. The number of nitrogens with one attached hydrogen (secondary N) is 1. The van der Waals surface area contributed by atoms with Gasteiger partial charge in [-0.1, -0.05) is 6.07 Å². The Morgan fingerprint density at radius 1 is 1.09 bits per heavy atom. The van der Waals surface area contributed by atoms with Gasteiger partial charge < -0.3 is 24.3 Å². The summed E-state index contributed by atoms with van der Waals surface area (Å²) < 4.78 is 22.2. The molecule has 2 aromatic rings. The minimum Gasteiger partial charge on any atom is -0.493 e. The van der Waals surface area contributed by atoms with Crippen molar-refractivity contribution in [1.82, 2.24) is 5.32 Å². The number of Topliss-reactive ketones (excluding diaryl/α,β-unsaturated/α-hetero) is 1. The number of dihydropyridines is 1. The lowest BCUT2D eigenvalue weighted by Gasteiger charge is -2.36. The van der Waals surface area contributed by atoms with Crippen LogP contribution in [0.2, 0.25) is 0 Å². The molecule has 0 radical (unpaired) electrons. The van der Waals surface area contributed by atoms with Crippen molar-refractivity contribution >= 4 is 23.1 Å². The van der Waals surface area contributed by atoms with Crippen LogP contribution in [-0.4, -0.2) is 39.2 Å². The third kappa shape index (κ3) is 4.67. The number of hydrogen-bond donors (Lipinski definition) is 1. The Balaban J connectivity index is 1.89. The molecule has 0 saturated carbocycles. The van der Waals surface area contributed by atoms with Crippen molar-refractivity contribution in [2.24, 2.45) is 0 Å². The smallest absolute Gasteiger partial charge is 0.337 e. The van der Waals surface area contributed by atoms with Crippen molar-refractivity contribution in [1.29, 1.82) is 0 Å². The van der Waals surface area contributed by atoms with Gasteiger partial charge in [-0.25, -0.2) is 4.79 Å². The summed E-state index contributed by atoms with van der Waals surface area (Å²) >= 11 is 1.66. The van der Waals surface area contributed by atoms with Gasteiger partial charge in [-0.2, -0.15) is 0 Å². The van der Waals surface area contributed by atoms with E-state index in [0.717, 1.165) is 5.70 Å². The number of carbonyl (C=O) groups is 2. The molecule has 2 heterocycles. The Kier molecular flexibility index (Phi) is 7.21. The molecule has 2 atom stereocenters. The van der Waals surface area contributed by atoms with Gasteiger partial charge in [-0.05, 0) is 56.3 Å². The molecule has 1 aliphatic heterocycles. The van der Waals surface area contributed by atoms with Gasteiger partial charge in [-0.15, -0.1) is 11.3 Å². The topological polar surface area (TPSA) is 83.1 Å². The van der Waals surface area contributed by atoms with E-state index >= 15 is 0 Å². The summed E-state index contributed by atoms with van der Waals surface area (Å²) in [5.74, 6) is 0.394. The van der Waals surface area contributed by atoms with Crippen LogP contribution < -0.4 is 19.5 Å². The first-order chi connectivity index (χ1) is 16.8. The number of allylic oxidation sites excluding steroid dienone is 3. The molecule has 4 rings (SSSR count).